The van der Waals surface area contributed by atoms with Crippen molar-refractivity contribution in [3.05, 3.63) is 35.5 Å². The summed E-state index contributed by atoms with van der Waals surface area (Å²) in [6.45, 7) is 9.65. The van der Waals surface area contributed by atoms with E-state index in [0.29, 0.717) is 31.3 Å². The van der Waals surface area contributed by atoms with Crippen LogP contribution in [0.25, 0.3) is 11.4 Å². The van der Waals surface area contributed by atoms with Crippen LogP contribution in [0, 0.1) is 6.92 Å². The number of nitrogens with zero attached hydrogens (tertiary/aromatic N) is 3. The van der Waals surface area contributed by atoms with Gasteiger partial charge in [-0.05, 0) is 44.5 Å². The summed E-state index contributed by atoms with van der Waals surface area (Å²) in [5.74, 6) is 2.15. The summed E-state index contributed by atoms with van der Waals surface area (Å²) in [7, 11) is 0. The lowest BCUT2D eigenvalue weighted by Crippen LogP contribution is -2.37. The number of hydrogen-bond acceptors (Lipinski definition) is 8. The van der Waals surface area contributed by atoms with Gasteiger partial charge in [0.15, 0.2) is 5.82 Å². The molecule has 1 aromatic heterocycles. The summed E-state index contributed by atoms with van der Waals surface area (Å²) in [6, 6.07) is 7.27. The molecule has 9 heteroatoms. The average molecular weight is 414 g/mol. The van der Waals surface area contributed by atoms with Crippen LogP contribution in [0.5, 0.6) is 5.75 Å². The Morgan fingerprint density at radius 3 is 2.37 bits per heavy atom. The van der Waals surface area contributed by atoms with Crippen molar-refractivity contribution in [3.8, 4) is 17.1 Å². The first-order valence-corrected chi connectivity index (χ1v) is 9.79. The number of morpholine rings is 1. The van der Waals surface area contributed by atoms with Gasteiger partial charge in [-0.25, -0.2) is 14.8 Å². The van der Waals surface area contributed by atoms with Gasteiger partial charge in [-0.2, -0.15) is 9.59 Å². The summed E-state index contributed by atoms with van der Waals surface area (Å²) in [4.78, 5) is 39.6. The van der Waals surface area contributed by atoms with Gasteiger partial charge in [-0.3, -0.25) is 0 Å². The van der Waals surface area contributed by atoms with Crippen LogP contribution in [0.2, 0.25) is 0 Å². The fourth-order valence-electron chi connectivity index (χ4n) is 3.07. The lowest BCUT2D eigenvalue weighted by Gasteiger charge is -2.29. The van der Waals surface area contributed by atoms with Crippen LogP contribution < -0.4 is 15.0 Å². The van der Waals surface area contributed by atoms with Gasteiger partial charge in [0.05, 0.1) is 13.2 Å². The van der Waals surface area contributed by atoms with E-state index >= 15 is 0 Å². The maximum absolute atomic E-state index is 11.5. The Morgan fingerprint density at radius 2 is 1.80 bits per heavy atom. The monoisotopic (exact) mass is 414 g/mol. The summed E-state index contributed by atoms with van der Waals surface area (Å²) in [5.41, 5.74) is 3.06. The van der Waals surface area contributed by atoms with E-state index in [0.717, 1.165) is 42.1 Å². The molecule has 0 radical (unpaired) electrons. The molecule has 2 aromatic rings. The summed E-state index contributed by atoms with van der Waals surface area (Å²) < 4.78 is 10.7. The van der Waals surface area contributed by atoms with Crippen LogP contribution >= 0.6 is 0 Å². The van der Waals surface area contributed by atoms with Gasteiger partial charge in [0.25, 0.3) is 0 Å². The van der Waals surface area contributed by atoms with E-state index in [9.17, 15) is 4.79 Å². The molecular weight excluding hydrogens is 388 g/mol. The molecule has 1 N–H and O–H groups in total. The Bertz CT molecular complexity index is 874. The van der Waals surface area contributed by atoms with Crippen molar-refractivity contribution in [2.75, 3.05) is 37.7 Å². The van der Waals surface area contributed by atoms with Gasteiger partial charge >= 0.3 is 12.2 Å². The third-order valence-electron chi connectivity index (χ3n) is 4.51. The molecule has 1 amide bonds. The fourth-order valence-corrected chi connectivity index (χ4v) is 3.07. The maximum Gasteiger partial charge on any atom is 0.412 e. The van der Waals surface area contributed by atoms with Crippen LogP contribution in [0.15, 0.2) is 24.3 Å². The lowest BCUT2D eigenvalue weighted by molar-refractivity contribution is -0.191. The predicted molar refractivity (Wildman–Crippen MR) is 109 cm³/mol. The molecular formula is C21H26N4O5. The first-order valence-electron chi connectivity index (χ1n) is 9.79. The quantitative estimate of drug-likeness (QED) is 0.794. The van der Waals surface area contributed by atoms with Gasteiger partial charge < -0.3 is 19.7 Å². The summed E-state index contributed by atoms with van der Waals surface area (Å²) in [6.07, 6.45) is 0.636. The Morgan fingerprint density at radius 1 is 1.17 bits per heavy atom. The van der Waals surface area contributed by atoms with Crippen molar-refractivity contribution in [1.29, 1.82) is 0 Å². The van der Waals surface area contributed by atoms with Gasteiger partial charge in [0.2, 0.25) is 0 Å². The summed E-state index contributed by atoms with van der Waals surface area (Å²) in [5, 5.41) is 2.60. The molecule has 0 unspecified atom stereocenters. The standard InChI is InChI=1S/C20H26N4O3.CO2/c1-4-17-14(3)19(24-10-12-26-13-11-24)23-18(22-17)15-6-8-16(9-7-15)27-20(25)21-5-2;2-1-3/h6-9H,4-5,10-13H2,1-3H3,(H,21,25);. The zero-order valence-corrected chi connectivity index (χ0v) is 17.4. The van der Waals surface area contributed by atoms with Gasteiger partial charge in [-0.1, -0.05) is 6.92 Å². The molecule has 1 aliphatic rings. The van der Waals surface area contributed by atoms with E-state index < -0.39 is 6.09 Å². The number of benzene rings is 1. The van der Waals surface area contributed by atoms with Gasteiger partial charge in [-0.15, -0.1) is 0 Å². The van der Waals surface area contributed by atoms with E-state index in [1.54, 1.807) is 12.1 Å². The Labute approximate surface area is 175 Å². The number of ether oxygens (including phenoxy) is 2. The number of carbonyl (C=O) groups is 1. The van der Waals surface area contributed by atoms with Crippen LogP contribution in [0.1, 0.15) is 25.1 Å². The number of carbonyl (C=O) groups excluding carboxylic acids is 3. The third kappa shape index (κ3) is 6.10. The molecule has 0 spiro atoms. The first kappa shape index (κ1) is 23.0. The third-order valence-corrected chi connectivity index (χ3v) is 4.51. The zero-order chi connectivity index (χ0) is 21.9. The Hall–Kier alpha value is -3.29. The van der Waals surface area contributed by atoms with Crippen LogP contribution in [0.4, 0.5) is 10.6 Å². The lowest BCUT2D eigenvalue weighted by atomic mass is 10.1. The van der Waals surface area contributed by atoms with E-state index in [4.69, 9.17) is 29.0 Å². The molecule has 1 fully saturated rings. The van der Waals surface area contributed by atoms with Gasteiger partial charge in [0.1, 0.15) is 11.6 Å². The predicted octanol–water partition coefficient (Wildman–Crippen LogP) is 2.38. The van der Waals surface area contributed by atoms with Gasteiger partial charge in [0, 0.05) is 36.5 Å². The minimum Gasteiger partial charge on any atom is -0.410 e. The zero-order valence-electron chi connectivity index (χ0n) is 17.4. The van der Waals surface area contributed by atoms with E-state index in [1.165, 1.54) is 0 Å². The molecule has 1 saturated heterocycles. The molecule has 9 nitrogen and oxygen atoms in total. The van der Waals surface area contributed by atoms with Crippen molar-refractivity contribution in [3.63, 3.8) is 0 Å². The second-order valence-corrected chi connectivity index (χ2v) is 6.42. The SMILES string of the molecule is CCNC(=O)Oc1ccc(-c2nc(CC)c(C)c(N3CCOCC3)n2)cc1.O=C=O. The molecule has 160 valence electrons. The molecule has 0 bridgehead atoms. The van der Waals surface area contributed by atoms with E-state index in [-0.39, 0.29) is 6.15 Å². The number of hydrogen-bond donors (Lipinski definition) is 1. The largest absolute Gasteiger partial charge is 0.412 e. The second-order valence-electron chi connectivity index (χ2n) is 6.42. The Balaban J connectivity index is 0.00000101. The van der Waals surface area contributed by atoms with Crippen molar-refractivity contribution in [1.82, 2.24) is 15.3 Å². The molecule has 0 aliphatic carbocycles. The topological polar surface area (TPSA) is 111 Å². The second kappa shape index (κ2) is 11.6. The molecule has 1 aliphatic heterocycles. The molecule has 2 heterocycles. The number of aryl methyl sites for hydroxylation is 1. The smallest absolute Gasteiger partial charge is 0.410 e. The molecule has 1 aromatic carbocycles. The average Bonchev–Trinajstić information content (AvgIpc) is 2.76. The van der Waals surface area contributed by atoms with E-state index in [2.05, 4.69) is 24.1 Å². The van der Waals surface area contributed by atoms with Crippen molar-refractivity contribution in [2.45, 2.75) is 27.2 Å². The maximum atomic E-state index is 11.5. The first-order chi connectivity index (χ1) is 14.5. The molecule has 30 heavy (non-hydrogen) atoms. The van der Waals surface area contributed by atoms with Crippen LogP contribution in [-0.2, 0) is 20.7 Å². The van der Waals surface area contributed by atoms with Crippen molar-refractivity contribution >= 4 is 18.1 Å². The number of anilines is 1. The normalized spacial score (nSPS) is 13.0. The highest BCUT2D eigenvalue weighted by molar-refractivity contribution is 5.70. The number of aromatic nitrogens is 2. The number of rotatable bonds is 5. The Kier molecular flexibility index (Phi) is 8.93. The van der Waals surface area contributed by atoms with Crippen molar-refractivity contribution in [2.24, 2.45) is 0 Å². The number of nitrogens with one attached hydrogen (secondary N) is 1. The highest BCUT2D eigenvalue weighted by Crippen LogP contribution is 2.27. The van der Waals surface area contributed by atoms with Crippen molar-refractivity contribution < 1.29 is 23.9 Å². The van der Waals surface area contributed by atoms with E-state index in [1.807, 2.05) is 19.1 Å². The number of amides is 1. The molecule has 3 rings (SSSR count). The molecule has 0 atom stereocenters. The summed E-state index contributed by atoms with van der Waals surface area (Å²) >= 11 is 0. The highest BCUT2D eigenvalue weighted by atomic mass is 16.6. The minimum absolute atomic E-state index is 0.250. The van der Waals surface area contributed by atoms with Crippen LogP contribution in [0.3, 0.4) is 0 Å². The fraction of sp³-hybridized carbons (Fsp3) is 0.429. The molecule has 0 saturated carbocycles. The highest BCUT2D eigenvalue weighted by Gasteiger charge is 2.19. The minimum atomic E-state index is -0.459. The van der Waals surface area contributed by atoms with Crippen LogP contribution in [-0.4, -0.2) is 55.1 Å².